The standard InChI is InChI=1S/C34H42ClN3O5/c1-20(2)38(32(41)28(36-33(42)43-34(6,7)8)19-24-12-14-26(39)15-13-24)30(25-17-21(3)16-22(4)18-25)31(40)37-29-23(5)10-9-11-27(29)35/h9-18,20,28,30,39H,19H2,1-8H3,(H,36,42)(H,37,40). The maximum absolute atomic E-state index is 14.5. The average Bonchev–Trinajstić information content (AvgIpc) is 2.88. The summed E-state index contributed by atoms with van der Waals surface area (Å²) in [5.74, 6) is -0.829. The molecule has 230 valence electrons. The monoisotopic (exact) mass is 607 g/mol. The van der Waals surface area contributed by atoms with E-state index >= 15 is 0 Å². The van der Waals surface area contributed by atoms with Crippen molar-refractivity contribution in [2.75, 3.05) is 5.32 Å². The first-order chi connectivity index (χ1) is 20.1. The van der Waals surface area contributed by atoms with Gasteiger partial charge in [-0.05, 0) is 90.3 Å². The summed E-state index contributed by atoms with van der Waals surface area (Å²) in [7, 11) is 0. The second-order valence-electron chi connectivity index (χ2n) is 12.2. The number of hydrogen-bond acceptors (Lipinski definition) is 5. The van der Waals surface area contributed by atoms with Gasteiger partial charge in [0.15, 0.2) is 0 Å². The number of nitrogens with zero attached hydrogens (tertiary/aromatic N) is 1. The molecule has 0 fully saturated rings. The van der Waals surface area contributed by atoms with E-state index in [9.17, 15) is 19.5 Å². The van der Waals surface area contributed by atoms with E-state index in [1.165, 1.54) is 17.0 Å². The van der Waals surface area contributed by atoms with Gasteiger partial charge in [-0.25, -0.2) is 4.79 Å². The second-order valence-corrected chi connectivity index (χ2v) is 12.6. The number of benzene rings is 3. The van der Waals surface area contributed by atoms with Gasteiger partial charge in [-0.1, -0.05) is 65.2 Å². The first kappa shape index (κ1) is 33.5. The molecule has 0 aliphatic carbocycles. The van der Waals surface area contributed by atoms with Crippen molar-refractivity contribution in [2.24, 2.45) is 0 Å². The fourth-order valence-electron chi connectivity index (χ4n) is 4.97. The van der Waals surface area contributed by atoms with Crippen molar-refractivity contribution in [3.8, 4) is 5.75 Å². The molecule has 8 nitrogen and oxygen atoms in total. The Kier molecular flexibility index (Phi) is 10.9. The molecule has 0 saturated heterocycles. The van der Waals surface area contributed by atoms with Crippen molar-refractivity contribution >= 4 is 35.2 Å². The van der Waals surface area contributed by atoms with Gasteiger partial charge in [0.2, 0.25) is 5.91 Å². The third-order valence-corrected chi connectivity index (χ3v) is 7.05. The number of amides is 3. The summed E-state index contributed by atoms with van der Waals surface area (Å²) in [6.45, 7) is 14.6. The van der Waals surface area contributed by atoms with Crippen LogP contribution in [0, 0.1) is 20.8 Å². The molecule has 3 aromatic carbocycles. The molecule has 2 unspecified atom stereocenters. The van der Waals surface area contributed by atoms with Gasteiger partial charge >= 0.3 is 6.09 Å². The first-order valence-corrected chi connectivity index (χ1v) is 14.7. The van der Waals surface area contributed by atoms with Crippen LogP contribution >= 0.6 is 11.6 Å². The van der Waals surface area contributed by atoms with Crippen LogP contribution in [-0.2, 0) is 20.7 Å². The van der Waals surface area contributed by atoms with Gasteiger partial charge < -0.3 is 25.4 Å². The smallest absolute Gasteiger partial charge is 0.408 e. The van der Waals surface area contributed by atoms with E-state index in [1.807, 2.05) is 58.9 Å². The Morgan fingerprint density at radius 3 is 2.09 bits per heavy atom. The molecular weight excluding hydrogens is 566 g/mol. The normalized spacial score (nSPS) is 12.8. The quantitative estimate of drug-likeness (QED) is 0.242. The molecule has 0 bridgehead atoms. The average molecular weight is 608 g/mol. The van der Waals surface area contributed by atoms with Crippen molar-refractivity contribution in [3.63, 3.8) is 0 Å². The molecule has 0 aliphatic rings. The van der Waals surface area contributed by atoms with Gasteiger partial charge in [0.1, 0.15) is 23.4 Å². The highest BCUT2D eigenvalue weighted by Crippen LogP contribution is 2.31. The van der Waals surface area contributed by atoms with Crippen molar-refractivity contribution in [1.82, 2.24) is 10.2 Å². The summed E-state index contributed by atoms with van der Waals surface area (Å²) in [6, 6.07) is 14.9. The van der Waals surface area contributed by atoms with Crippen molar-refractivity contribution in [2.45, 2.75) is 85.5 Å². The Bertz CT molecular complexity index is 1420. The van der Waals surface area contributed by atoms with Crippen LogP contribution in [0.5, 0.6) is 5.75 Å². The number of rotatable bonds is 9. The van der Waals surface area contributed by atoms with Crippen molar-refractivity contribution < 1.29 is 24.2 Å². The Morgan fingerprint density at radius 2 is 1.56 bits per heavy atom. The number of halogens is 1. The minimum Gasteiger partial charge on any atom is -0.508 e. The van der Waals surface area contributed by atoms with Crippen LogP contribution in [0.1, 0.15) is 68.5 Å². The summed E-state index contributed by atoms with van der Waals surface area (Å²) < 4.78 is 5.49. The van der Waals surface area contributed by atoms with Crippen LogP contribution in [0.25, 0.3) is 0 Å². The molecule has 3 aromatic rings. The predicted molar refractivity (Wildman–Crippen MR) is 170 cm³/mol. The highest BCUT2D eigenvalue weighted by molar-refractivity contribution is 6.34. The molecule has 0 spiro atoms. The summed E-state index contributed by atoms with van der Waals surface area (Å²) in [5.41, 5.74) is 3.65. The fraction of sp³-hybridized carbons (Fsp3) is 0.382. The predicted octanol–water partition coefficient (Wildman–Crippen LogP) is 7.02. The summed E-state index contributed by atoms with van der Waals surface area (Å²) in [4.78, 5) is 43.2. The number of anilines is 1. The number of aryl methyl sites for hydroxylation is 3. The van der Waals surface area contributed by atoms with E-state index < -0.39 is 41.6 Å². The lowest BCUT2D eigenvalue weighted by molar-refractivity contribution is -0.142. The van der Waals surface area contributed by atoms with Crippen LogP contribution in [0.3, 0.4) is 0 Å². The van der Waals surface area contributed by atoms with Crippen LogP contribution in [0.15, 0.2) is 60.7 Å². The molecule has 0 radical (unpaired) electrons. The fourth-order valence-corrected chi connectivity index (χ4v) is 5.23. The van der Waals surface area contributed by atoms with E-state index in [0.717, 1.165) is 16.7 Å². The first-order valence-electron chi connectivity index (χ1n) is 14.3. The van der Waals surface area contributed by atoms with E-state index in [2.05, 4.69) is 10.6 Å². The molecule has 0 saturated carbocycles. The highest BCUT2D eigenvalue weighted by atomic mass is 35.5. The van der Waals surface area contributed by atoms with Crippen LogP contribution in [0.2, 0.25) is 5.02 Å². The molecular formula is C34H42ClN3O5. The van der Waals surface area contributed by atoms with E-state index in [4.69, 9.17) is 16.3 Å². The SMILES string of the molecule is Cc1cc(C)cc(C(C(=O)Nc2c(C)cccc2Cl)N(C(=O)C(Cc2ccc(O)cc2)NC(=O)OC(C)(C)C)C(C)C)c1. The van der Waals surface area contributed by atoms with Gasteiger partial charge in [0.25, 0.3) is 5.91 Å². The number of ether oxygens (including phenoxy) is 1. The van der Waals surface area contributed by atoms with Crippen molar-refractivity contribution in [1.29, 1.82) is 0 Å². The number of aromatic hydroxyl groups is 1. The van der Waals surface area contributed by atoms with E-state index in [1.54, 1.807) is 45.0 Å². The van der Waals surface area contributed by atoms with Gasteiger partial charge in [-0.15, -0.1) is 0 Å². The highest BCUT2D eigenvalue weighted by Gasteiger charge is 2.38. The molecule has 2 atom stereocenters. The largest absolute Gasteiger partial charge is 0.508 e. The van der Waals surface area contributed by atoms with Crippen LogP contribution in [-0.4, -0.2) is 45.6 Å². The Hall–Kier alpha value is -4.04. The number of alkyl carbamates (subject to hydrolysis) is 1. The van der Waals surface area contributed by atoms with Crippen LogP contribution < -0.4 is 10.6 Å². The Morgan fingerprint density at radius 1 is 0.953 bits per heavy atom. The lowest BCUT2D eigenvalue weighted by atomic mass is 9.96. The van der Waals surface area contributed by atoms with Crippen LogP contribution in [0.4, 0.5) is 10.5 Å². The zero-order chi connectivity index (χ0) is 32.1. The Labute approximate surface area is 259 Å². The third kappa shape index (κ3) is 9.22. The summed E-state index contributed by atoms with van der Waals surface area (Å²) >= 11 is 6.47. The lowest BCUT2D eigenvalue weighted by Gasteiger charge is -2.37. The molecule has 43 heavy (non-hydrogen) atoms. The number of carbonyl (C=O) groups excluding carboxylic acids is 3. The van der Waals surface area contributed by atoms with Gasteiger partial charge in [-0.3, -0.25) is 9.59 Å². The second kappa shape index (κ2) is 14.0. The number of para-hydroxylation sites is 1. The zero-order valence-electron chi connectivity index (χ0n) is 26.1. The van der Waals surface area contributed by atoms with Gasteiger partial charge in [-0.2, -0.15) is 0 Å². The third-order valence-electron chi connectivity index (χ3n) is 6.73. The molecule has 0 aliphatic heterocycles. The number of phenols is 1. The Balaban J connectivity index is 2.12. The molecule has 3 amide bonds. The number of phenolic OH excluding ortho intramolecular Hbond substituents is 1. The topological polar surface area (TPSA) is 108 Å². The number of hydrogen-bond donors (Lipinski definition) is 3. The molecule has 9 heteroatoms. The maximum atomic E-state index is 14.5. The van der Waals surface area contributed by atoms with E-state index in [0.29, 0.717) is 21.8 Å². The van der Waals surface area contributed by atoms with Gasteiger partial charge in [0, 0.05) is 12.5 Å². The maximum Gasteiger partial charge on any atom is 0.408 e. The molecule has 0 heterocycles. The minimum atomic E-state index is -1.08. The molecule has 3 rings (SSSR count). The summed E-state index contributed by atoms with van der Waals surface area (Å²) in [5, 5.41) is 15.9. The van der Waals surface area contributed by atoms with Crippen molar-refractivity contribution in [3.05, 3.63) is 93.5 Å². The number of nitrogens with one attached hydrogen (secondary N) is 2. The zero-order valence-corrected chi connectivity index (χ0v) is 26.9. The van der Waals surface area contributed by atoms with E-state index in [-0.39, 0.29) is 12.2 Å². The summed E-state index contributed by atoms with van der Waals surface area (Å²) in [6.07, 6.45) is -0.653. The molecule has 0 aromatic heterocycles. The van der Waals surface area contributed by atoms with Gasteiger partial charge in [0.05, 0.1) is 10.7 Å². The lowest BCUT2D eigenvalue weighted by Crippen LogP contribution is -2.55. The molecule has 3 N–H and O–H groups in total. The minimum absolute atomic E-state index is 0.0805. The number of carbonyl (C=O) groups is 3.